The molecule has 3 aromatic rings. The number of hydrogen-bond donors (Lipinski definition) is 5. The molecule has 0 bridgehead atoms. The molecule has 3 rings (SSSR count). The van der Waals surface area contributed by atoms with E-state index in [1.165, 1.54) is 12.1 Å². The standard InChI is InChI=1S/C14H10N2O6/c15-5-1-3-7(17)11-9(5)13(19)10-6(16(21)22)2-4-8(18)12(10)14(11)20/h1-4,17-20H,15H2. The molecule has 0 heterocycles. The lowest BCUT2D eigenvalue weighted by Crippen LogP contribution is -1.94. The Kier molecular flexibility index (Phi) is 2.64. The van der Waals surface area contributed by atoms with Gasteiger partial charge in [0.15, 0.2) is 0 Å². The number of phenols is 4. The summed E-state index contributed by atoms with van der Waals surface area (Å²) in [5.74, 6) is -2.06. The number of nitro groups is 1. The van der Waals surface area contributed by atoms with Crippen LogP contribution < -0.4 is 5.73 Å². The van der Waals surface area contributed by atoms with Crippen LogP contribution in [0.25, 0.3) is 21.5 Å². The molecule has 0 aliphatic rings. The molecule has 0 spiro atoms. The van der Waals surface area contributed by atoms with Crippen LogP contribution in [0.3, 0.4) is 0 Å². The second-order valence-electron chi connectivity index (χ2n) is 4.73. The van der Waals surface area contributed by atoms with Crippen molar-refractivity contribution >= 4 is 32.9 Å². The van der Waals surface area contributed by atoms with Crippen LogP contribution in [-0.2, 0) is 0 Å². The fourth-order valence-corrected chi connectivity index (χ4v) is 2.56. The zero-order valence-corrected chi connectivity index (χ0v) is 10.9. The van der Waals surface area contributed by atoms with Crippen molar-refractivity contribution in [1.82, 2.24) is 0 Å². The first-order valence-corrected chi connectivity index (χ1v) is 6.09. The number of benzene rings is 3. The van der Waals surface area contributed by atoms with Gasteiger partial charge in [0.2, 0.25) is 0 Å². The smallest absolute Gasteiger partial charge is 0.281 e. The molecular weight excluding hydrogens is 292 g/mol. The van der Waals surface area contributed by atoms with Crippen LogP contribution in [0, 0.1) is 10.1 Å². The number of phenolic OH excluding ortho intramolecular Hbond substituents is 4. The molecule has 6 N–H and O–H groups in total. The van der Waals surface area contributed by atoms with Gasteiger partial charge in [-0.3, -0.25) is 10.1 Å². The number of non-ortho nitro benzene ring substituents is 1. The number of nitro benzene ring substituents is 1. The number of nitrogens with two attached hydrogens (primary N) is 1. The molecule has 0 amide bonds. The number of rotatable bonds is 1. The Hall–Kier alpha value is -3.42. The van der Waals surface area contributed by atoms with E-state index < -0.39 is 27.9 Å². The van der Waals surface area contributed by atoms with Gasteiger partial charge in [-0.1, -0.05) is 0 Å². The fourth-order valence-electron chi connectivity index (χ4n) is 2.56. The van der Waals surface area contributed by atoms with Gasteiger partial charge in [-0.05, 0) is 18.2 Å². The Morgan fingerprint density at radius 1 is 0.818 bits per heavy atom. The normalized spacial score (nSPS) is 11.1. The zero-order chi connectivity index (χ0) is 16.2. The molecule has 0 atom stereocenters. The Balaban J connectivity index is 2.75. The lowest BCUT2D eigenvalue weighted by Gasteiger charge is -2.13. The number of nitrogen functional groups attached to an aromatic ring is 1. The Morgan fingerprint density at radius 3 is 1.91 bits per heavy atom. The predicted molar refractivity (Wildman–Crippen MR) is 79.2 cm³/mol. The van der Waals surface area contributed by atoms with Crippen LogP contribution in [0.15, 0.2) is 24.3 Å². The maximum atomic E-state index is 11.1. The Bertz CT molecular complexity index is 967. The van der Waals surface area contributed by atoms with E-state index in [0.29, 0.717) is 0 Å². The van der Waals surface area contributed by atoms with Crippen LogP contribution in [-0.4, -0.2) is 25.3 Å². The highest BCUT2D eigenvalue weighted by Crippen LogP contribution is 2.52. The average Bonchev–Trinajstić information content (AvgIpc) is 2.46. The Morgan fingerprint density at radius 2 is 1.32 bits per heavy atom. The van der Waals surface area contributed by atoms with Crippen LogP contribution in [0.4, 0.5) is 11.4 Å². The second kappa shape index (κ2) is 4.29. The zero-order valence-electron chi connectivity index (χ0n) is 10.9. The van der Waals surface area contributed by atoms with Crippen molar-refractivity contribution in [2.75, 3.05) is 5.73 Å². The SMILES string of the molecule is Nc1ccc(O)c2c(O)c3c(O)ccc([N+](=O)[O-])c3c(O)c12. The van der Waals surface area contributed by atoms with Gasteiger partial charge in [-0.2, -0.15) is 0 Å². The first kappa shape index (κ1) is 13.6. The summed E-state index contributed by atoms with van der Waals surface area (Å²) in [7, 11) is 0. The quantitative estimate of drug-likeness (QED) is 0.152. The van der Waals surface area contributed by atoms with E-state index in [4.69, 9.17) is 5.73 Å². The van der Waals surface area contributed by atoms with Gasteiger partial charge in [0.25, 0.3) is 5.69 Å². The van der Waals surface area contributed by atoms with E-state index in [1.807, 2.05) is 0 Å². The summed E-state index contributed by atoms with van der Waals surface area (Å²) in [6, 6.07) is 4.52. The van der Waals surface area contributed by atoms with Crippen molar-refractivity contribution in [2.45, 2.75) is 0 Å². The summed E-state index contributed by atoms with van der Waals surface area (Å²) >= 11 is 0. The number of fused-ring (bicyclic) bond motifs is 2. The lowest BCUT2D eigenvalue weighted by atomic mass is 9.97. The number of aromatic hydroxyl groups is 4. The first-order valence-electron chi connectivity index (χ1n) is 6.09. The topological polar surface area (TPSA) is 150 Å². The van der Waals surface area contributed by atoms with Gasteiger partial charge in [0.05, 0.1) is 21.1 Å². The molecule has 22 heavy (non-hydrogen) atoms. The van der Waals surface area contributed by atoms with Gasteiger partial charge in [0, 0.05) is 11.8 Å². The van der Waals surface area contributed by atoms with E-state index in [2.05, 4.69) is 0 Å². The highest BCUT2D eigenvalue weighted by atomic mass is 16.6. The van der Waals surface area contributed by atoms with E-state index >= 15 is 0 Å². The van der Waals surface area contributed by atoms with Crippen molar-refractivity contribution in [3.63, 3.8) is 0 Å². The Labute approximate surface area is 122 Å². The van der Waals surface area contributed by atoms with Crippen molar-refractivity contribution in [1.29, 1.82) is 0 Å². The minimum Gasteiger partial charge on any atom is -0.507 e. The maximum absolute atomic E-state index is 11.1. The second-order valence-corrected chi connectivity index (χ2v) is 4.73. The summed E-state index contributed by atoms with van der Waals surface area (Å²) in [4.78, 5) is 10.4. The molecule has 8 nitrogen and oxygen atoms in total. The van der Waals surface area contributed by atoms with Gasteiger partial charge >= 0.3 is 0 Å². The molecule has 0 aliphatic heterocycles. The number of hydrogen-bond acceptors (Lipinski definition) is 7. The van der Waals surface area contributed by atoms with E-state index in [-0.39, 0.29) is 33.0 Å². The highest BCUT2D eigenvalue weighted by molar-refractivity contribution is 6.19. The van der Waals surface area contributed by atoms with Crippen LogP contribution in [0.5, 0.6) is 23.0 Å². The van der Waals surface area contributed by atoms with Crippen LogP contribution in [0.2, 0.25) is 0 Å². The molecule has 0 aliphatic carbocycles. The summed E-state index contributed by atoms with van der Waals surface area (Å²) in [5, 5.41) is 50.6. The van der Waals surface area contributed by atoms with E-state index in [9.17, 15) is 30.5 Å². The van der Waals surface area contributed by atoms with E-state index in [1.54, 1.807) is 0 Å². The van der Waals surface area contributed by atoms with Crippen molar-refractivity contribution in [3.8, 4) is 23.0 Å². The highest BCUT2D eigenvalue weighted by Gasteiger charge is 2.26. The summed E-state index contributed by atoms with van der Waals surface area (Å²) in [6.07, 6.45) is 0. The minimum atomic E-state index is -0.758. The molecule has 112 valence electrons. The first-order chi connectivity index (χ1) is 10.3. The third-order valence-electron chi connectivity index (χ3n) is 3.52. The summed E-state index contributed by atoms with van der Waals surface area (Å²) in [5.41, 5.74) is 5.24. The third-order valence-corrected chi connectivity index (χ3v) is 3.52. The monoisotopic (exact) mass is 302 g/mol. The van der Waals surface area contributed by atoms with Crippen molar-refractivity contribution in [3.05, 3.63) is 34.4 Å². The number of nitrogens with zero attached hydrogens (tertiary/aromatic N) is 1. The van der Waals surface area contributed by atoms with Crippen LogP contribution >= 0.6 is 0 Å². The molecular formula is C14H10N2O6. The van der Waals surface area contributed by atoms with Gasteiger partial charge < -0.3 is 26.2 Å². The van der Waals surface area contributed by atoms with Gasteiger partial charge in [0.1, 0.15) is 28.4 Å². The van der Waals surface area contributed by atoms with E-state index in [0.717, 1.165) is 12.1 Å². The maximum Gasteiger partial charge on any atom is 0.281 e. The molecule has 0 saturated heterocycles. The molecule has 0 fully saturated rings. The van der Waals surface area contributed by atoms with Gasteiger partial charge in [-0.15, -0.1) is 0 Å². The molecule has 0 saturated carbocycles. The van der Waals surface area contributed by atoms with Crippen molar-refractivity contribution in [2.24, 2.45) is 0 Å². The lowest BCUT2D eigenvalue weighted by molar-refractivity contribution is -0.383. The molecule has 3 aromatic carbocycles. The van der Waals surface area contributed by atoms with Gasteiger partial charge in [-0.25, -0.2) is 0 Å². The predicted octanol–water partition coefficient (Wildman–Crippen LogP) is 2.31. The average molecular weight is 302 g/mol. The van der Waals surface area contributed by atoms with Crippen LogP contribution in [0.1, 0.15) is 0 Å². The third kappa shape index (κ3) is 1.57. The summed E-state index contributed by atoms with van der Waals surface area (Å²) < 4.78 is 0. The molecule has 0 radical (unpaired) electrons. The minimum absolute atomic E-state index is 0.0140. The largest absolute Gasteiger partial charge is 0.507 e. The van der Waals surface area contributed by atoms with Crippen molar-refractivity contribution < 1.29 is 25.3 Å². The fraction of sp³-hybridized carbons (Fsp3) is 0. The number of anilines is 1. The molecule has 8 heteroatoms. The molecule has 0 unspecified atom stereocenters. The molecule has 0 aromatic heterocycles. The summed E-state index contributed by atoms with van der Waals surface area (Å²) in [6.45, 7) is 0.